The minimum Gasteiger partial charge on any atom is -0.369 e. The Balaban J connectivity index is 2.18. The van der Waals surface area contributed by atoms with Crippen LogP contribution >= 0.6 is 0 Å². The van der Waals surface area contributed by atoms with E-state index in [0.29, 0.717) is 24.2 Å². The van der Waals surface area contributed by atoms with Crippen molar-refractivity contribution in [1.82, 2.24) is 9.62 Å². The lowest BCUT2D eigenvalue weighted by molar-refractivity contribution is -0.121. The fourth-order valence-electron chi connectivity index (χ4n) is 3.21. The zero-order chi connectivity index (χ0) is 23.2. The molecule has 0 saturated carbocycles. The average Bonchev–Trinajstić information content (AvgIpc) is 2.72. The minimum absolute atomic E-state index is 0.0298. The third-order valence-electron chi connectivity index (χ3n) is 5.10. The summed E-state index contributed by atoms with van der Waals surface area (Å²) in [5.41, 5.74) is 6.98. The molecular formula is C22H28FN3O4S. The Morgan fingerprint density at radius 1 is 1.10 bits per heavy atom. The van der Waals surface area contributed by atoms with Gasteiger partial charge in [-0.05, 0) is 48.7 Å². The van der Waals surface area contributed by atoms with Gasteiger partial charge in [0.25, 0.3) is 5.91 Å². The highest BCUT2D eigenvalue weighted by molar-refractivity contribution is 7.89. The quantitative estimate of drug-likeness (QED) is 0.580. The Kier molecular flexibility index (Phi) is 8.29. The number of hydrogen-bond donors (Lipinski definition) is 2. The van der Waals surface area contributed by atoms with E-state index in [-0.39, 0.29) is 29.2 Å². The van der Waals surface area contributed by atoms with Crippen LogP contribution in [-0.2, 0) is 21.2 Å². The Hall–Kier alpha value is -2.78. The van der Waals surface area contributed by atoms with Crippen LogP contribution < -0.4 is 11.1 Å². The van der Waals surface area contributed by atoms with Crippen molar-refractivity contribution >= 4 is 21.8 Å². The first-order valence-corrected chi connectivity index (χ1v) is 11.5. The van der Waals surface area contributed by atoms with E-state index in [1.807, 2.05) is 0 Å². The van der Waals surface area contributed by atoms with Crippen LogP contribution in [0.25, 0.3) is 0 Å². The summed E-state index contributed by atoms with van der Waals surface area (Å²) >= 11 is 0. The zero-order valence-corrected chi connectivity index (χ0v) is 18.7. The topological polar surface area (TPSA) is 110 Å². The van der Waals surface area contributed by atoms with Crippen LogP contribution in [0.3, 0.4) is 0 Å². The van der Waals surface area contributed by atoms with Crippen LogP contribution in [0.15, 0.2) is 47.4 Å². The first kappa shape index (κ1) is 24.5. The first-order valence-electron chi connectivity index (χ1n) is 10.0. The molecule has 0 aliphatic heterocycles. The molecule has 2 aromatic carbocycles. The van der Waals surface area contributed by atoms with E-state index in [1.165, 1.54) is 28.6 Å². The normalized spacial score (nSPS) is 12.5. The van der Waals surface area contributed by atoms with Crippen LogP contribution in [0.5, 0.6) is 0 Å². The third-order valence-corrected chi connectivity index (χ3v) is 7.15. The molecule has 0 saturated heterocycles. The molecule has 1 atom stereocenters. The second-order valence-electron chi connectivity index (χ2n) is 7.21. The van der Waals surface area contributed by atoms with Gasteiger partial charge in [-0.3, -0.25) is 9.59 Å². The molecule has 0 bridgehead atoms. The van der Waals surface area contributed by atoms with Gasteiger partial charge in [0.05, 0.1) is 10.8 Å². The van der Waals surface area contributed by atoms with E-state index in [4.69, 9.17) is 5.73 Å². The van der Waals surface area contributed by atoms with Gasteiger partial charge in [-0.15, -0.1) is 0 Å². The molecule has 2 aromatic rings. The number of carbonyl (C=O) groups is 2. The van der Waals surface area contributed by atoms with Gasteiger partial charge in [-0.25, -0.2) is 12.8 Å². The van der Waals surface area contributed by atoms with Crippen molar-refractivity contribution < 1.29 is 22.4 Å². The minimum atomic E-state index is -3.71. The van der Waals surface area contributed by atoms with Gasteiger partial charge in [0.1, 0.15) is 5.82 Å². The molecule has 168 valence electrons. The van der Waals surface area contributed by atoms with E-state index in [0.717, 1.165) is 0 Å². The molecule has 0 radical (unpaired) electrons. The molecule has 2 amide bonds. The Morgan fingerprint density at radius 3 is 2.26 bits per heavy atom. The molecule has 0 heterocycles. The largest absolute Gasteiger partial charge is 0.369 e. The fraction of sp³-hybridized carbons (Fsp3) is 0.364. The number of nitrogens with zero attached hydrogens (tertiary/aromatic N) is 1. The van der Waals surface area contributed by atoms with Crippen molar-refractivity contribution in [3.8, 4) is 0 Å². The van der Waals surface area contributed by atoms with Crippen molar-refractivity contribution in [3.05, 3.63) is 65.0 Å². The van der Waals surface area contributed by atoms with Crippen LogP contribution in [0.1, 0.15) is 35.3 Å². The summed E-state index contributed by atoms with van der Waals surface area (Å²) in [7, 11) is -3.71. The van der Waals surface area contributed by atoms with Gasteiger partial charge >= 0.3 is 0 Å². The number of primary amides is 1. The molecule has 2 rings (SSSR count). The van der Waals surface area contributed by atoms with E-state index in [9.17, 15) is 22.4 Å². The van der Waals surface area contributed by atoms with Gasteiger partial charge < -0.3 is 11.1 Å². The second-order valence-corrected chi connectivity index (χ2v) is 9.14. The zero-order valence-electron chi connectivity index (χ0n) is 17.9. The van der Waals surface area contributed by atoms with Gasteiger partial charge in [0, 0.05) is 25.2 Å². The summed E-state index contributed by atoms with van der Waals surface area (Å²) in [6, 6.07) is 10.1. The van der Waals surface area contributed by atoms with E-state index >= 15 is 0 Å². The van der Waals surface area contributed by atoms with Crippen molar-refractivity contribution in [1.29, 1.82) is 0 Å². The lowest BCUT2D eigenvalue weighted by Gasteiger charge is -2.19. The van der Waals surface area contributed by atoms with Gasteiger partial charge in [0.2, 0.25) is 15.9 Å². The molecule has 0 unspecified atom stereocenters. The molecule has 0 fully saturated rings. The van der Waals surface area contributed by atoms with Crippen molar-refractivity contribution in [2.45, 2.75) is 32.1 Å². The van der Waals surface area contributed by atoms with Crippen molar-refractivity contribution in [3.63, 3.8) is 0 Å². The van der Waals surface area contributed by atoms with Crippen LogP contribution in [0, 0.1) is 18.7 Å². The second kappa shape index (κ2) is 10.5. The monoisotopic (exact) mass is 449 g/mol. The highest BCUT2D eigenvalue weighted by Gasteiger charge is 2.24. The summed E-state index contributed by atoms with van der Waals surface area (Å²) in [6.07, 6.45) is 0.241. The fourth-order valence-corrected chi connectivity index (χ4v) is 4.69. The third kappa shape index (κ3) is 6.11. The van der Waals surface area contributed by atoms with E-state index < -0.39 is 27.8 Å². The number of carbonyl (C=O) groups excluding carboxylic acids is 2. The number of nitrogens with two attached hydrogens (primary N) is 1. The van der Waals surface area contributed by atoms with E-state index in [2.05, 4.69) is 5.32 Å². The maximum absolute atomic E-state index is 13.1. The molecule has 7 nitrogen and oxygen atoms in total. The Bertz CT molecular complexity index is 1040. The number of rotatable bonds is 10. The molecule has 0 aliphatic carbocycles. The van der Waals surface area contributed by atoms with Crippen molar-refractivity contribution in [2.75, 3.05) is 19.6 Å². The molecule has 0 aromatic heterocycles. The summed E-state index contributed by atoms with van der Waals surface area (Å²) in [5.74, 6) is -2.18. The van der Waals surface area contributed by atoms with Gasteiger partial charge in [0.15, 0.2) is 0 Å². The molecule has 0 aliphatic rings. The standard InChI is InChI=1S/C22H28FN3O4S/c1-4-26(5-2)31(29,30)19-11-6-15(3)20(13-19)22(28)25-14-17(21(24)27)12-16-7-9-18(23)10-8-16/h6-11,13,17H,4-5,12,14H2,1-3H3,(H2,24,27)(H,25,28)/t17-/m1/s1. The number of halogens is 1. The number of nitrogens with one attached hydrogen (secondary N) is 1. The van der Waals surface area contributed by atoms with Gasteiger partial charge in [-0.2, -0.15) is 4.31 Å². The number of hydrogen-bond acceptors (Lipinski definition) is 4. The predicted octanol–water partition coefficient (Wildman–Crippen LogP) is 2.24. The van der Waals surface area contributed by atoms with Crippen LogP contribution in [0.4, 0.5) is 4.39 Å². The lowest BCUT2D eigenvalue weighted by Crippen LogP contribution is -2.37. The van der Waals surface area contributed by atoms with Gasteiger partial charge in [-0.1, -0.05) is 32.0 Å². The van der Waals surface area contributed by atoms with E-state index in [1.54, 1.807) is 39.0 Å². The molecule has 9 heteroatoms. The molecule has 0 spiro atoms. The maximum atomic E-state index is 13.1. The number of sulfonamides is 1. The highest BCUT2D eigenvalue weighted by atomic mass is 32.2. The summed E-state index contributed by atoms with van der Waals surface area (Å²) in [6.45, 7) is 5.79. The molecule has 3 N–H and O–H groups in total. The Labute approximate surface area is 182 Å². The maximum Gasteiger partial charge on any atom is 0.251 e. The summed E-state index contributed by atoms with van der Waals surface area (Å²) in [5, 5.41) is 2.67. The molecule has 31 heavy (non-hydrogen) atoms. The lowest BCUT2D eigenvalue weighted by atomic mass is 9.98. The SMILES string of the molecule is CCN(CC)S(=O)(=O)c1ccc(C)c(C(=O)NC[C@@H](Cc2ccc(F)cc2)C(N)=O)c1. The number of amides is 2. The average molecular weight is 450 g/mol. The number of benzene rings is 2. The molecular weight excluding hydrogens is 421 g/mol. The smallest absolute Gasteiger partial charge is 0.251 e. The summed E-state index contributed by atoms with van der Waals surface area (Å²) in [4.78, 5) is 24.6. The highest BCUT2D eigenvalue weighted by Crippen LogP contribution is 2.20. The van der Waals surface area contributed by atoms with Crippen LogP contribution in [0.2, 0.25) is 0 Å². The number of aryl methyl sites for hydroxylation is 1. The van der Waals surface area contributed by atoms with Crippen molar-refractivity contribution in [2.24, 2.45) is 11.7 Å². The summed E-state index contributed by atoms with van der Waals surface area (Å²) < 4.78 is 39.9. The van der Waals surface area contributed by atoms with Crippen LogP contribution in [-0.4, -0.2) is 44.2 Å². The Morgan fingerprint density at radius 2 is 1.71 bits per heavy atom. The first-order chi connectivity index (χ1) is 14.6. The predicted molar refractivity (Wildman–Crippen MR) is 116 cm³/mol.